The lowest BCUT2D eigenvalue weighted by molar-refractivity contribution is 0.597. The van der Waals surface area contributed by atoms with Gasteiger partial charge in [0.05, 0.1) is 10.6 Å². The second-order valence-corrected chi connectivity index (χ2v) is 6.13. The van der Waals surface area contributed by atoms with Crippen LogP contribution in [0.15, 0.2) is 17.2 Å². The molecule has 16 heavy (non-hydrogen) atoms. The van der Waals surface area contributed by atoms with E-state index in [9.17, 15) is 8.42 Å². The molecule has 0 aromatic carbocycles. The van der Waals surface area contributed by atoms with E-state index in [2.05, 4.69) is 9.83 Å². The molecule has 1 aromatic heterocycles. The van der Waals surface area contributed by atoms with Gasteiger partial charge < -0.3 is 4.85 Å². The van der Waals surface area contributed by atoms with Crippen LogP contribution in [0.25, 0.3) is 4.85 Å². The maximum absolute atomic E-state index is 11.8. The zero-order valence-electron chi connectivity index (χ0n) is 8.97. The van der Waals surface area contributed by atoms with Gasteiger partial charge in [-0.25, -0.2) is 8.42 Å². The van der Waals surface area contributed by atoms with Crippen molar-refractivity contribution in [3.63, 3.8) is 0 Å². The highest BCUT2D eigenvalue weighted by Crippen LogP contribution is 2.41. The molecule has 5 heteroatoms. The molecule has 0 bridgehead atoms. The van der Waals surface area contributed by atoms with Gasteiger partial charge in [-0.3, -0.25) is 0 Å². The molecule has 84 valence electrons. The van der Waals surface area contributed by atoms with Gasteiger partial charge in [-0.1, -0.05) is 13.5 Å². The first kappa shape index (κ1) is 11.1. The number of hydrogen-bond donors (Lipinski definition) is 0. The van der Waals surface area contributed by atoms with Gasteiger partial charge in [0.15, 0.2) is 9.84 Å². The van der Waals surface area contributed by atoms with Crippen molar-refractivity contribution < 1.29 is 8.42 Å². The minimum Gasteiger partial charge on any atom is -0.360 e. The minimum atomic E-state index is -3.35. The van der Waals surface area contributed by atoms with Crippen LogP contribution in [0.2, 0.25) is 0 Å². The molecule has 2 rings (SSSR count). The molecule has 0 amide bonds. The molecule has 1 aromatic rings. The van der Waals surface area contributed by atoms with Crippen LogP contribution in [-0.2, 0) is 9.84 Å². The second-order valence-electron chi connectivity index (χ2n) is 3.88. The van der Waals surface area contributed by atoms with Gasteiger partial charge in [-0.15, -0.1) is 4.98 Å². The monoisotopic (exact) mass is 236 g/mol. The van der Waals surface area contributed by atoms with Gasteiger partial charge in [0.2, 0.25) is 0 Å². The predicted octanol–water partition coefficient (Wildman–Crippen LogP) is 2.30. The fourth-order valence-corrected chi connectivity index (χ4v) is 2.56. The molecule has 0 N–H and O–H groups in total. The molecule has 0 atom stereocenters. The summed E-state index contributed by atoms with van der Waals surface area (Å²) < 4.78 is 23.6. The van der Waals surface area contributed by atoms with Crippen LogP contribution in [0, 0.1) is 6.57 Å². The Labute approximate surface area is 95.1 Å². The van der Waals surface area contributed by atoms with E-state index in [0.29, 0.717) is 5.92 Å². The maximum atomic E-state index is 11.8. The summed E-state index contributed by atoms with van der Waals surface area (Å²) in [6, 6.07) is 1.62. The third-order valence-corrected chi connectivity index (χ3v) is 4.45. The Morgan fingerprint density at radius 1 is 1.56 bits per heavy atom. The molecule has 0 radical (unpaired) electrons. The third kappa shape index (κ3) is 1.93. The van der Waals surface area contributed by atoms with E-state index in [0.717, 1.165) is 18.4 Å². The van der Waals surface area contributed by atoms with Crippen molar-refractivity contribution in [2.45, 2.75) is 30.6 Å². The highest BCUT2D eigenvalue weighted by molar-refractivity contribution is 7.91. The molecule has 1 heterocycles. The summed E-state index contributed by atoms with van der Waals surface area (Å²) in [6.45, 7) is 8.51. The van der Waals surface area contributed by atoms with E-state index in [1.54, 1.807) is 19.2 Å². The Hall–Kier alpha value is -1.41. The highest BCUT2D eigenvalue weighted by atomic mass is 32.2. The first-order valence-corrected chi connectivity index (χ1v) is 6.84. The predicted molar refractivity (Wildman–Crippen MR) is 60.2 cm³/mol. The van der Waals surface area contributed by atoms with Crippen LogP contribution >= 0.6 is 0 Å². The first-order chi connectivity index (χ1) is 7.58. The lowest BCUT2D eigenvalue weighted by Crippen LogP contribution is -2.05. The zero-order valence-corrected chi connectivity index (χ0v) is 9.79. The van der Waals surface area contributed by atoms with E-state index >= 15 is 0 Å². The normalized spacial score (nSPS) is 15.8. The topological polar surface area (TPSA) is 51.4 Å². The Morgan fingerprint density at radius 3 is 2.75 bits per heavy atom. The van der Waals surface area contributed by atoms with Crippen LogP contribution in [0.4, 0.5) is 5.82 Å². The van der Waals surface area contributed by atoms with Gasteiger partial charge in [0.25, 0.3) is 5.82 Å². The number of nitrogens with zero attached hydrogens (tertiary/aromatic N) is 2. The number of rotatable bonds is 3. The number of pyridine rings is 1. The molecular formula is C11H12N2O2S. The number of sulfone groups is 1. The van der Waals surface area contributed by atoms with E-state index < -0.39 is 9.84 Å². The van der Waals surface area contributed by atoms with Crippen molar-refractivity contribution >= 4 is 15.7 Å². The lowest BCUT2D eigenvalue weighted by Gasteiger charge is -2.04. The van der Waals surface area contributed by atoms with Crippen LogP contribution in [0.1, 0.15) is 31.2 Å². The summed E-state index contributed by atoms with van der Waals surface area (Å²) >= 11 is 0. The Morgan fingerprint density at radius 2 is 2.25 bits per heavy atom. The van der Waals surface area contributed by atoms with Crippen LogP contribution in [0.3, 0.4) is 0 Å². The molecule has 1 aliphatic carbocycles. The molecule has 1 aliphatic rings. The number of hydrogen-bond acceptors (Lipinski definition) is 3. The fraction of sp³-hybridized carbons (Fsp3) is 0.455. The highest BCUT2D eigenvalue weighted by Gasteiger charge is 2.27. The molecule has 1 saturated carbocycles. The van der Waals surface area contributed by atoms with E-state index in [1.807, 2.05) is 0 Å². The standard InChI is InChI=1S/C11H12N2O2S/c1-3-16(14,15)10-6-9(8-4-5-8)7-13-11(10)12-2/h6-8H,3-5H2,1H3. The zero-order chi connectivity index (χ0) is 11.8. The maximum Gasteiger partial charge on any atom is 0.288 e. The summed E-state index contributed by atoms with van der Waals surface area (Å²) in [5, 5.41) is 0. The molecular weight excluding hydrogens is 224 g/mol. The smallest absolute Gasteiger partial charge is 0.288 e. The van der Waals surface area contributed by atoms with Gasteiger partial charge in [-0.2, -0.15) is 0 Å². The molecule has 0 unspecified atom stereocenters. The molecule has 1 fully saturated rings. The minimum absolute atomic E-state index is 0.00528. The molecule has 0 aliphatic heterocycles. The first-order valence-electron chi connectivity index (χ1n) is 5.18. The Balaban J connectivity index is 2.56. The molecule has 0 saturated heterocycles. The third-order valence-electron chi connectivity index (χ3n) is 2.72. The summed E-state index contributed by atoms with van der Waals surface area (Å²) in [5.74, 6) is 0.440. The van der Waals surface area contributed by atoms with E-state index in [1.165, 1.54) is 0 Å². The van der Waals surface area contributed by atoms with Gasteiger partial charge in [0, 0.05) is 0 Å². The molecule has 4 nitrogen and oxygen atoms in total. The summed E-state index contributed by atoms with van der Waals surface area (Å²) in [7, 11) is -3.35. The van der Waals surface area contributed by atoms with Gasteiger partial charge >= 0.3 is 0 Å². The Bertz CT molecular complexity index is 554. The summed E-state index contributed by atoms with van der Waals surface area (Å²) in [5.41, 5.74) is 0.944. The quantitative estimate of drug-likeness (QED) is 0.757. The lowest BCUT2D eigenvalue weighted by atomic mass is 10.2. The van der Waals surface area contributed by atoms with Crippen molar-refractivity contribution in [2.24, 2.45) is 0 Å². The van der Waals surface area contributed by atoms with Crippen molar-refractivity contribution in [3.05, 3.63) is 29.2 Å². The largest absolute Gasteiger partial charge is 0.360 e. The summed E-state index contributed by atoms with van der Waals surface area (Å²) in [6.07, 6.45) is 3.80. The van der Waals surface area contributed by atoms with Crippen LogP contribution in [0.5, 0.6) is 0 Å². The van der Waals surface area contributed by atoms with E-state index in [-0.39, 0.29) is 16.5 Å². The van der Waals surface area contributed by atoms with Crippen molar-refractivity contribution in [3.8, 4) is 0 Å². The number of aromatic nitrogens is 1. The second kappa shape index (κ2) is 3.87. The Kier molecular flexibility index (Phi) is 2.68. The van der Waals surface area contributed by atoms with E-state index in [4.69, 9.17) is 6.57 Å². The van der Waals surface area contributed by atoms with Crippen molar-refractivity contribution in [1.29, 1.82) is 0 Å². The van der Waals surface area contributed by atoms with Gasteiger partial charge in [-0.05, 0) is 30.4 Å². The summed E-state index contributed by atoms with van der Waals surface area (Å²) in [4.78, 5) is 7.20. The van der Waals surface area contributed by atoms with Crippen molar-refractivity contribution in [1.82, 2.24) is 4.98 Å². The van der Waals surface area contributed by atoms with Crippen molar-refractivity contribution in [2.75, 3.05) is 5.75 Å². The molecule has 0 spiro atoms. The average molecular weight is 236 g/mol. The van der Waals surface area contributed by atoms with Crippen LogP contribution < -0.4 is 0 Å². The SMILES string of the molecule is [C-]#[N+]c1ncc(C2CC2)cc1S(=O)(=O)CC. The average Bonchev–Trinajstić information content (AvgIpc) is 3.12. The fourth-order valence-electron chi connectivity index (χ4n) is 1.56. The van der Waals surface area contributed by atoms with Crippen LogP contribution in [-0.4, -0.2) is 19.2 Å². The van der Waals surface area contributed by atoms with Gasteiger partial charge in [0.1, 0.15) is 6.20 Å².